The number of fused-ring (bicyclic) bond motifs is 1. The van der Waals surface area contributed by atoms with Gasteiger partial charge in [0.2, 0.25) is 0 Å². The predicted octanol–water partition coefficient (Wildman–Crippen LogP) is 1.27. The lowest BCUT2D eigenvalue weighted by atomic mass is 10.0. The van der Waals surface area contributed by atoms with Crippen LogP contribution in [0.1, 0.15) is 16.8 Å². The van der Waals surface area contributed by atoms with Crippen molar-refractivity contribution in [2.24, 2.45) is 0 Å². The molecule has 0 N–H and O–H groups in total. The van der Waals surface area contributed by atoms with Crippen LogP contribution in [0.3, 0.4) is 0 Å². The van der Waals surface area contributed by atoms with Gasteiger partial charge in [-0.2, -0.15) is 0 Å². The molecule has 0 amide bonds. The van der Waals surface area contributed by atoms with E-state index < -0.39 is 0 Å². The molecule has 4 heterocycles. The third kappa shape index (κ3) is 3.18. The molecule has 2 aromatic rings. The number of pyridine rings is 1. The fraction of sp³-hybridized carbons (Fsp3) is 0.471. The number of morpholine rings is 1. The first kappa shape index (κ1) is 14.5. The van der Waals surface area contributed by atoms with Crippen molar-refractivity contribution in [2.45, 2.75) is 19.5 Å². The van der Waals surface area contributed by atoms with Crippen LogP contribution >= 0.6 is 0 Å². The Kier molecular flexibility index (Phi) is 4.17. The molecule has 0 radical (unpaired) electrons. The Labute approximate surface area is 136 Å². The van der Waals surface area contributed by atoms with Gasteiger partial charge in [0.05, 0.1) is 18.9 Å². The maximum absolute atomic E-state index is 5.46. The number of hydrogen-bond donors (Lipinski definition) is 0. The minimum absolute atomic E-state index is 0.776. The van der Waals surface area contributed by atoms with Gasteiger partial charge in [-0.05, 0) is 11.6 Å². The van der Waals surface area contributed by atoms with Crippen LogP contribution < -0.4 is 4.90 Å². The van der Waals surface area contributed by atoms with E-state index in [1.165, 1.54) is 16.8 Å². The lowest BCUT2D eigenvalue weighted by Crippen LogP contribution is -2.39. The van der Waals surface area contributed by atoms with E-state index in [9.17, 15) is 0 Å². The van der Waals surface area contributed by atoms with E-state index in [0.717, 1.165) is 58.2 Å². The zero-order valence-electron chi connectivity index (χ0n) is 13.2. The topological polar surface area (TPSA) is 54.4 Å². The standard InChI is InChI=1S/C17H21N5O/c1-2-14(10-18-4-1)11-21-5-3-16-15(12-21)17(20-13-19-16)22-6-8-23-9-7-22/h1-2,4,10,13H,3,5-9,11-12H2. The van der Waals surface area contributed by atoms with Crippen molar-refractivity contribution < 1.29 is 4.74 Å². The van der Waals surface area contributed by atoms with E-state index in [2.05, 4.69) is 30.8 Å². The van der Waals surface area contributed by atoms with Gasteiger partial charge >= 0.3 is 0 Å². The quantitative estimate of drug-likeness (QED) is 0.851. The van der Waals surface area contributed by atoms with Crippen LogP contribution in [0.2, 0.25) is 0 Å². The van der Waals surface area contributed by atoms with E-state index in [-0.39, 0.29) is 0 Å². The molecular formula is C17H21N5O. The lowest BCUT2D eigenvalue weighted by molar-refractivity contribution is 0.122. The van der Waals surface area contributed by atoms with Crippen LogP contribution in [-0.4, -0.2) is 52.7 Å². The normalized spacial score (nSPS) is 18.7. The number of rotatable bonds is 3. The highest BCUT2D eigenvalue weighted by molar-refractivity contribution is 5.49. The van der Waals surface area contributed by atoms with Crippen molar-refractivity contribution in [3.05, 3.63) is 47.7 Å². The average Bonchev–Trinajstić information content (AvgIpc) is 2.63. The third-order valence-electron chi connectivity index (χ3n) is 4.50. The summed E-state index contributed by atoms with van der Waals surface area (Å²) in [5, 5.41) is 0. The van der Waals surface area contributed by atoms with E-state index in [4.69, 9.17) is 4.74 Å². The lowest BCUT2D eigenvalue weighted by Gasteiger charge is -2.34. The van der Waals surface area contributed by atoms with E-state index in [0.29, 0.717) is 0 Å². The Morgan fingerprint density at radius 1 is 1.13 bits per heavy atom. The van der Waals surface area contributed by atoms with Gasteiger partial charge in [0, 0.05) is 57.1 Å². The molecule has 2 aliphatic heterocycles. The average molecular weight is 311 g/mol. The fourth-order valence-electron chi connectivity index (χ4n) is 3.31. The van der Waals surface area contributed by atoms with Crippen molar-refractivity contribution in [1.82, 2.24) is 19.9 Å². The summed E-state index contributed by atoms with van der Waals surface area (Å²) in [6.45, 7) is 6.22. The summed E-state index contributed by atoms with van der Waals surface area (Å²) in [7, 11) is 0. The van der Waals surface area contributed by atoms with Crippen LogP contribution in [0.4, 0.5) is 5.82 Å². The monoisotopic (exact) mass is 311 g/mol. The van der Waals surface area contributed by atoms with Gasteiger partial charge < -0.3 is 9.64 Å². The van der Waals surface area contributed by atoms with Crippen molar-refractivity contribution in [3.63, 3.8) is 0 Å². The summed E-state index contributed by atoms with van der Waals surface area (Å²) in [6, 6.07) is 4.13. The molecule has 2 aromatic heterocycles. The molecule has 1 fully saturated rings. The molecule has 0 unspecified atom stereocenters. The number of aromatic nitrogens is 3. The maximum atomic E-state index is 5.46. The van der Waals surface area contributed by atoms with Crippen molar-refractivity contribution in [1.29, 1.82) is 0 Å². The summed E-state index contributed by atoms with van der Waals surface area (Å²) < 4.78 is 5.46. The van der Waals surface area contributed by atoms with Gasteiger partial charge in [0.25, 0.3) is 0 Å². The maximum Gasteiger partial charge on any atom is 0.136 e. The minimum Gasteiger partial charge on any atom is -0.378 e. The molecule has 6 nitrogen and oxygen atoms in total. The molecule has 0 aliphatic carbocycles. The zero-order valence-corrected chi connectivity index (χ0v) is 13.2. The molecule has 6 heteroatoms. The van der Waals surface area contributed by atoms with Crippen molar-refractivity contribution in [3.8, 4) is 0 Å². The van der Waals surface area contributed by atoms with E-state index in [1.807, 2.05) is 18.5 Å². The summed E-state index contributed by atoms with van der Waals surface area (Å²) in [5.74, 6) is 1.09. The van der Waals surface area contributed by atoms with Gasteiger partial charge in [-0.1, -0.05) is 6.07 Å². The molecule has 1 saturated heterocycles. The molecule has 4 rings (SSSR count). The highest BCUT2D eigenvalue weighted by atomic mass is 16.5. The Balaban J connectivity index is 1.55. The molecule has 0 spiro atoms. The molecule has 23 heavy (non-hydrogen) atoms. The molecular weight excluding hydrogens is 290 g/mol. The largest absolute Gasteiger partial charge is 0.378 e. The van der Waals surface area contributed by atoms with Crippen LogP contribution in [0.5, 0.6) is 0 Å². The minimum atomic E-state index is 0.776. The molecule has 120 valence electrons. The van der Waals surface area contributed by atoms with Gasteiger partial charge in [-0.15, -0.1) is 0 Å². The van der Waals surface area contributed by atoms with Gasteiger partial charge in [0.15, 0.2) is 0 Å². The molecule has 0 saturated carbocycles. The smallest absolute Gasteiger partial charge is 0.136 e. The van der Waals surface area contributed by atoms with Crippen molar-refractivity contribution in [2.75, 3.05) is 37.7 Å². The Morgan fingerprint density at radius 3 is 2.87 bits per heavy atom. The number of hydrogen-bond acceptors (Lipinski definition) is 6. The summed E-state index contributed by atoms with van der Waals surface area (Å²) in [4.78, 5) is 18.1. The molecule has 0 bridgehead atoms. The van der Waals surface area contributed by atoms with Crippen LogP contribution in [0.25, 0.3) is 0 Å². The highest BCUT2D eigenvalue weighted by Gasteiger charge is 2.24. The Hall–Kier alpha value is -2.05. The Morgan fingerprint density at radius 2 is 2.04 bits per heavy atom. The second-order valence-corrected chi connectivity index (χ2v) is 6.04. The first-order valence-electron chi connectivity index (χ1n) is 8.17. The number of anilines is 1. The van der Waals surface area contributed by atoms with Crippen molar-refractivity contribution >= 4 is 5.82 Å². The Bertz CT molecular complexity index is 657. The van der Waals surface area contributed by atoms with Gasteiger partial charge in [-0.3, -0.25) is 9.88 Å². The summed E-state index contributed by atoms with van der Waals surface area (Å²) in [6.07, 6.45) is 6.45. The summed E-state index contributed by atoms with van der Waals surface area (Å²) in [5.41, 5.74) is 3.73. The SMILES string of the molecule is c1cncc(CN2CCc3ncnc(N4CCOCC4)c3C2)c1. The van der Waals surface area contributed by atoms with E-state index >= 15 is 0 Å². The molecule has 0 atom stereocenters. The summed E-state index contributed by atoms with van der Waals surface area (Å²) >= 11 is 0. The fourth-order valence-corrected chi connectivity index (χ4v) is 3.31. The third-order valence-corrected chi connectivity index (χ3v) is 4.50. The van der Waals surface area contributed by atoms with Gasteiger partial charge in [-0.25, -0.2) is 9.97 Å². The molecule has 0 aromatic carbocycles. The van der Waals surface area contributed by atoms with Crippen LogP contribution in [0, 0.1) is 0 Å². The van der Waals surface area contributed by atoms with Crippen LogP contribution in [-0.2, 0) is 24.2 Å². The number of nitrogens with zero attached hydrogens (tertiary/aromatic N) is 5. The first-order chi connectivity index (χ1) is 11.4. The van der Waals surface area contributed by atoms with Gasteiger partial charge in [0.1, 0.15) is 12.1 Å². The van der Waals surface area contributed by atoms with Crippen LogP contribution in [0.15, 0.2) is 30.9 Å². The predicted molar refractivity (Wildman–Crippen MR) is 87.1 cm³/mol. The zero-order chi connectivity index (χ0) is 15.5. The number of ether oxygens (including phenoxy) is 1. The second-order valence-electron chi connectivity index (χ2n) is 6.04. The highest BCUT2D eigenvalue weighted by Crippen LogP contribution is 2.27. The first-order valence-corrected chi connectivity index (χ1v) is 8.17. The van der Waals surface area contributed by atoms with E-state index in [1.54, 1.807) is 6.33 Å². The molecule has 2 aliphatic rings. The second kappa shape index (κ2) is 6.60.